The van der Waals surface area contributed by atoms with E-state index in [0.717, 1.165) is 6.07 Å². The van der Waals surface area contributed by atoms with Crippen LogP contribution in [0.3, 0.4) is 0 Å². The Hall–Kier alpha value is -2.02. The van der Waals surface area contributed by atoms with E-state index in [1.165, 1.54) is 6.07 Å². The highest BCUT2D eigenvalue weighted by Crippen LogP contribution is 2.28. The van der Waals surface area contributed by atoms with Crippen LogP contribution in [0.15, 0.2) is 12.1 Å². The van der Waals surface area contributed by atoms with E-state index < -0.39 is 35.3 Å². The molecule has 0 fully saturated rings. The van der Waals surface area contributed by atoms with Crippen molar-refractivity contribution in [1.29, 1.82) is 0 Å². The second-order valence-corrected chi connectivity index (χ2v) is 6.06. The highest BCUT2D eigenvalue weighted by atomic mass is 35.5. The van der Waals surface area contributed by atoms with Crippen molar-refractivity contribution in [3.8, 4) is 5.75 Å². The van der Waals surface area contributed by atoms with Crippen LogP contribution in [0.5, 0.6) is 5.75 Å². The Morgan fingerprint density at radius 2 is 2.00 bits per heavy atom. The van der Waals surface area contributed by atoms with Crippen LogP contribution >= 0.6 is 11.6 Å². The lowest BCUT2D eigenvalue weighted by molar-refractivity contribution is -0.139. The van der Waals surface area contributed by atoms with E-state index in [9.17, 15) is 19.1 Å². The van der Waals surface area contributed by atoms with Gasteiger partial charge in [-0.15, -0.1) is 0 Å². The molecule has 0 aliphatic carbocycles. The number of aliphatic carboxylic acids is 1. The molecule has 0 aromatic heterocycles. The molecule has 3 N–H and O–H groups in total. The summed E-state index contributed by atoms with van der Waals surface area (Å²) in [6.45, 7) is 4.91. The van der Waals surface area contributed by atoms with E-state index in [-0.39, 0.29) is 17.0 Å². The molecule has 1 rings (SSSR count). The Balaban J connectivity index is 2.85. The molecule has 0 aliphatic rings. The van der Waals surface area contributed by atoms with Gasteiger partial charge >= 0.3 is 12.1 Å². The van der Waals surface area contributed by atoms with Gasteiger partial charge in [0.05, 0.1) is 5.02 Å². The van der Waals surface area contributed by atoms with Crippen LogP contribution in [0.1, 0.15) is 26.3 Å². The summed E-state index contributed by atoms with van der Waals surface area (Å²) in [5, 5.41) is 20.3. The molecule has 8 heteroatoms. The highest BCUT2D eigenvalue weighted by Gasteiger charge is 2.25. The van der Waals surface area contributed by atoms with Crippen LogP contribution in [0.25, 0.3) is 0 Å². The SMILES string of the molecule is CC(C)(C)OC(=O)NC(Cc1cc(F)c(O)c(Cl)c1)C(=O)O. The molecule has 0 heterocycles. The molecule has 22 heavy (non-hydrogen) atoms. The number of benzene rings is 1. The summed E-state index contributed by atoms with van der Waals surface area (Å²) in [6, 6.07) is 0.857. The fraction of sp³-hybridized carbons (Fsp3) is 0.429. The number of alkyl carbamates (subject to hydrolysis) is 1. The van der Waals surface area contributed by atoms with E-state index in [2.05, 4.69) is 5.32 Å². The maximum absolute atomic E-state index is 13.4. The first-order valence-electron chi connectivity index (χ1n) is 6.39. The third kappa shape index (κ3) is 5.40. The van der Waals surface area contributed by atoms with Crippen molar-refractivity contribution < 1.29 is 28.9 Å². The summed E-state index contributed by atoms with van der Waals surface area (Å²) in [5.74, 6) is -2.99. The lowest BCUT2D eigenvalue weighted by Crippen LogP contribution is -2.44. The van der Waals surface area contributed by atoms with Gasteiger partial charge in [-0.1, -0.05) is 11.6 Å². The van der Waals surface area contributed by atoms with Gasteiger partial charge in [0.25, 0.3) is 0 Å². The minimum absolute atomic E-state index is 0.212. The Kier molecular flexibility index (Phi) is 5.59. The fourth-order valence-corrected chi connectivity index (χ4v) is 1.85. The predicted molar refractivity (Wildman–Crippen MR) is 77.6 cm³/mol. The number of carboxylic acids is 1. The van der Waals surface area contributed by atoms with Crippen molar-refractivity contribution in [3.63, 3.8) is 0 Å². The number of amides is 1. The molecular weight excluding hydrogens is 317 g/mol. The van der Waals surface area contributed by atoms with Crippen molar-refractivity contribution >= 4 is 23.7 Å². The normalized spacial score (nSPS) is 12.6. The molecule has 1 aromatic rings. The number of hydrogen-bond acceptors (Lipinski definition) is 4. The average molecular weight is 334 g/mol. The molecule has 1 unspecified atom stereocenters. The summed E-state index contributed by atoms with van der Waals surface area (Å²) >= 11 is 5.63. The van der Waals surface area contributed by atoms with Crippen molar-refractivity contribution in [2.45, 2.75) is 38.8 Å². The zero-order valence-corrected chi connectivity index (χ0v) is 13.1. The standard InChI is InChI=1S/C14H17ClFNO5/c1-14(2,3)22-13(21)17-10(12(19)20)6-7-4-8(15)11(18)9(16)5-7/h4-5,10,18H,6H2,1-3H3,(H,17,21)(H,19,20). The number of aromatic hydroxyl groups is 1. The van der Waals surface area contributed by atoms with E-state index in [0.29, 0.717) is 0 Å². The number of halogens is 2. The molecule has 0 spiro atoms. The molecule has 0 saturated carbocycles. The minimum atomic E-state index is -1.32. The largest absolute Gasteiger partial charge is 0.504 e. The quantitative estimate of drug-likeness (QED) is 0.787. The maximum Gasteiger partial charge on any atom is 0.408 e. The average Bonchev–Trinajstić information content (AvgIpc) is 2.32. The summed E-state index contributed by atoms with van der Waals surface area (Å²) < 4.78 is 18.4. The van der Waals surface area contributed by atoms with Gasteiger partial charge in [0.2, 0.25) is 0 Å². The molecule has 6 nitrogen and oxygen atoms in total. The lowest BCUT2D eigenvalue weighted by Gasteiger charge is -2.22. The zero-order valence-electron chi connectivity index (χ0n) is 12.3. The van der Waals surface area contributed by atoms with Crippen LogP contribution in [-0.2, 0) is 16.0 Å². The molecule has 1 amide bonds. The summed E-state index contributed by atoms with van der Waals surface area (Å²) in [7, 11) is 0. The van der Waals surface area contributed by atoms with E-state index in [1.54, 1.807) is 20.8 Å². The minimum Gasteiger partial charge on any atom is -0.504 e. The van der Waals surface area contributed by atoms with E-state index in [1.807, 2.05) is 0 Å². The molecule has 0 bridgehead atoms. The van der Waals surface area contributed by atoms with Crippen molar-refractivity contribution in [3.05, 3.63) is 28.5 Å². The van der Waals surface area contributed by atoms with Gasteiger partial charge in [0.1, 0.15) is 11.6 Å². The highest BCUT2D eigenvalue weighted by molar-refractivity contribution is 6.32. The summed E-state index contributed by atoms with van der Waals surface area (Å²) in [5.41, 5.74) is -0.565. The second-order valence-electron chi connectivity index (χ2n) is 5.65. The predicted octanol–water partition coefficient (Wildman–Crippen LogP) is 2.71. The molecule has 1 aromatic carbocycles. The first kappa shape index (κ1) is 18.0. The first-order valence-corrected chi connectivity index (χ1v) is 6.76. The van der Waals surface area contributed by atoms with Crippen LogP contribution < -0.4 is 5.32 Å². The Morgan fingerprint density at radius 1 is 1.41 bits per heavy atom. The smallest absolute Gasteiger partial charge is 0.408 e. The Morgan fingerprint density at radius 3 is 2.45 bits per heavy atom. The van der Waals surface area contributed by atoms with Gasteiger partial charge in [-0.25, -0.2) is 14.0 Å². The molecular formula is C14H17ClFNO5. The number of carbonyl (C=O) groups is 2. The van der Waals surface area contributed by atoms with Gasteiger partial charge in [-0.2, -0.15) is 0 Å². The molecule has 0 saturated heterocycles. The van der Waals surface area contributed by atoms with Crippen molar-refractivity contribution in [2.24, 2.45) is 0 Å². The third-order valence-electron chi connectivity index (χ3n) is 2.51. The van der Waals surface area contributed by atoms with Gasteiger partial charge in [0, 0.05) is 6.42 Å². The maximum atomic E-state index is 13.4. The van der Waals surface area contributed by atoms with Crippen LogP contribution in [-0.4, -0.2) is 33.9 Å². The van der Waals surface area contributed by atoms with Crippen LogP contribution in [0.4, 0.5) is 9.18 Å². The number of carboxylic acid groups (broad SMARTS) is 1. The van der Waals surface area contributed by atoms with Gasteiger partial charge in [-0.05, 0) is 38.5 Å². The number of rotatable bonds is 4. The number of nitrogens with one attached hydrogen (secondary N) is 1. The number of phenolic OH excluding ortho intramolecular Hbond substituents is 1. The number of ether oxygens (including phenoxy) is 1. The number of hydrogen-bond donors (Lipinski definition) is 3. The number of carbonyl (C=O) groups excluding carboxylic acids is 1. The lowest BCUT2D eigenvalue weighted by atomic mass is 10.1. The zero-order chi connectivity index (χ0) is 17.1. The van der Waals surface area contributed by atoms with Gasteiger partial charge < -0.3 is 20.3 Å². The Bertz CT molecular complexity index is 562. The Labute approximate surface area is 131 Å². The van der Waals surface area contributed by atoms with Gasteiger partial charge in [-0.3, -0.25) is 0 Å². The topological polar surface area (TPSA) is 95.9 Å². The van der Waals surface area contributed by atoms with Crippen molar-refractivity contribution in [1.82, 2.24) is 5.32 Å². The summed E-state index contributed by atoms with van der Waals surface area (Å²) in [6.07, 6.45) is -1.11. The second kappa shape index (κ2) is 6.83. The monoisotopic (exact) mass is 333 g/mol. The van der Waals surface area contributed by atoms with Gasteiger partial charge in [0.15, 0.2) is 11.6 Å². The molecule has 0 aliphatic heterocycles. The van der Waals surface area contributed by atoms with Crippen LogP contribution in [0, 0.1) is 5.82 Å². The van der Waals surface area contributed by atoms with E-state index >= 15 is 0 Å². The third-order valence-corrected chi connectivity index (χ3v) is 2.79. The fourth-order valence-electron chi connectivity index (χ4n) is 1.62. The molecule has 0 radical (unpaired) electrons. The summed E-state index contributed by atoms with van der Waals surface area (Å²) in [4.78, 5) is 22.8. The molecule has 1 atom stereocenters. The van der Waals surface area contributed by atoms with E-state index in [4.69, 9.17) is 21.4 Å². The van der Waals surface area contributed by atoms with Crippen molar-refractivity contribution in [2.75, 3.05) is 0 Å². The van der Waals surface area contributed by atoms with Crippen LogP contribution in [0.2, 0.25) is 5.02 Å². The first-order chi connectivity index (χ1) is 9.99. The number of phenols is 1. The molecule has 122 valence electrons.